The summed E-state index contributed by atoms with van der Waals surface area (Å²) in [6.07, 6.45) is -0.780. The molecule has 0 radical (unpaired) electrons. The van der Waals surface area contributed by atoms with Crippen LogP contribution in [0.15, 0.2) is 47.6 Å². The SMILES string of the molecule is CCC(C(C)F)C1ON=C2c3c(OC)cccc3-c3ccccc3N21. The smallest absolute Gasteiger partial charge is 0.211 e. The Labute approximate surface area is 146 Å². The average molecular weight is 340 g/mol. The topological polar surface area (TPSA) is 34.1 Å². The molecular weight excluding hydrogens is 319 g/mol. The summed E-state index contributed by atoms with van der Waals surface area (Å²) >= 11 is 0. The normalized spacial score (nSPS) is 19.9. The van der Waals surface area contributed by atoms with E-state index >= 15 is 0 Å². The number of rotatable bonds is 4. The Morgan fingerprint density at radius 3 is 2.68 bits per heavy atom. The molecule has 0 spiro atoms. The quantitative estimate of drug-likeness (QED) is 0.817. The molecule has 2 heterocycles. The zero-order chi connectivity index (χ0) is 17.6. The first-order valence-electron chi connectivity index (χ1n) is 8.61. The Bertz CT molecular complexity index is 834. The minimum Gasteiger partial charge on any atom is -0.496 e. The van der Waals surface area contributed by atoms with Crippen LogP contribution in [0.25, 0.3) is 11.1 Å². The fourth-order valence-electron chi connectivity index (χ4n) is 3.82. The molecule has 0 amide bonds. The number of nitrogens with zero attached hydrogens (tertiary/aromatic N) is 2. The van der Waals surface area contributed by atoms with Gasteiger partial charge in [-0.15, -0.1) is 0 Å². The maximum Gasteiger partial charge on any atom is 0.211 e. The predicted octanol–water partition coefficient (Wildman–Crippen LogP) is 4.58. The van der Waals surface area contributed by atoms with Crippen LogP contribution >= 0.6 is 0 Å². The minimum atomic E-state index is -0.990. The van der Waals surface area contributed by atoms with Crippen LogP contribution in [0.1, 0.15) is 25.8 Å². The number of halogens is 1. The fraction of sp³-hybridized carbons (Fsp3) is 0.350. The molecule has 25 heavy (non-hydrogen) atoms. The number of para-hydroxylation sites is 1. The standard InChI is InChI=1S/C20H21FN2O2/c1-4-13(12(2)21)20-23-16-10-6-5-8-14(16)15-9-7-11-17(24-3)18(15)19(23)22-25-20/h5-13,20H,4H2,1-3H3. The summed E-state index contributed by atoms with van der Waals surface area (Å²) in [4.78, 5) is 7.76. The van der Waals surface area contributed by atoms with E-state index in [-0.39, 0.29) is 5.92 Å². The second-order valence-corrected chi connectivity index (χ2v) is 6.43. The Kier molecular flexibility index (Phi) is 3.86. The van der Waals surface area contributed by atoms with Crippen LogP contribution in [0.4, 0.5) is 10.1 Å². The minimum absolute atomic E-state index is 0.273. The van der Waals surface area contributed by atoms with Crippen molar-refractivity contribution in [1.82, 2.24) is 0 Å². The van der Waals surface area contributed by atoms with Crippen molar-refractivity contribution in [3.05, 3.63) is 48.0 Å². The van der Waals surface area contributed by atoms with Gasteiger partial charge in [-0.25, -0.2) is 4.39 Å². The van der Waals surface area contributed by atoms with Crippen molar-refractivity contribution in [2.75, 3.05) is 12.0 Å². The molecule has 3 unspecified atom stereocenters. The number of alkyl halides is 1. The Hall–Kier alpha value is -2.56. The van der Waals surface area contributed by atoms with Gasteiger partial charge in [-0.2, -0.15) is 0 Å². The van der Waals surface area contributed by atoms with Crippen LogP contribution in [0.2, 0.25) is 0 Å². The average Bonchev–Trinajstić information content (AvgIpc) is 3.06. The van der Waals surface area contributed by atoms with Crippen molar-refractivity contribution in [3.63, 3.8) is 0 Å². The Morgan fingerprint density at radius 2 is 1.96 bits per heavy atom. The molecule has 4 nitrogen and oxygen atoms in total. The van der Waals surface area contributed by atoms with E-state index in [1.807, 2.05) is 42.2 Å². The number of oxime groups is 1. The number of anilines is 1. The molecule has 2 aliphatic rings. The molecule has 0 saturated heterocycles. The summed E-state index contributed by atoms with van der Waals surface area (Å²) in [5.41, 5.74) is 4.01. The molecule has 0 N–H and O–H groups in total. The maximum absolute atomic E-state index is 14.2. The maximum atomic E-state index is 14.2. The van der Waals surface area contributed by atoms with E-state index in [1.165, 1.54) is 0 Å². The summed E-state index contributed by atoms with van der Waals surface area (Å²) in [5.74, 6) is 1.15. The van der Waals surface area contributed by atoms with Gasteiger partial charge in [-0.3, -0.25) is 4.90 Å². The van der Waals surface area contributed by atoms with Crippen molar-refractivity contribution < 1.29 is 14.0 Å². The zero-order valence-electron chi connectivity index (χ0n) is 14.6. The van der Waals surface area contributed by atoms with Crippen LogP contribution in [0.3, 0.4) is 0 Å². The molecule has 0 bridgehead atoms. The summed E-state index contributed by atoms with van der Waals surface area (Å²) in [5, 5.41) is 4.34. The summed E-state index contributed by atoms with van der Waals surface area (Å²) in [6, 6.07) is 14.0. The third-order valence-electron chi connectivity index (χ3n) is 5.08. The number of amidine groups is 1. The molecule has 2 aromatic rings. The lowest BCUT2D eigenvalue weighted by atomic mass is 9.89. The number of fused-ring (bicyclic) bond motifs is 6. The van der Waals surface area contributed by atoms with Crippen LogP contribution in [-0.4, -0.2) is 25.3 Å². The van der Waals surface area contributed by atoms with E-state index < -0.39 is 12.4 Å². The highest BCUT2D eigenvalue weighted by molar-refractivity contribution is 6.21. The summed E-state index contributed by atoms with van der Waals surface area (Å²) in [7, 11) is 1.65. The monoisotopic (exact) mass is 340 g/mol. The lowest BCUT2D eigenvalue weighted by Gasteiger charge is -2.36. The van der Waals surface area contributed by atoms with Crippen molar-refractivity contribution in [2.24, 2.45) is 11.1 Å². The van der Waals surface area contributed by atoms with Crippen molar-refractivity contribution in [2.45, 2.75) is 32.7 Å². The van der Waals surface area contributed by atoms with Crippen LogP contribution in [-0.2, 0) is 4.84 Å². The molecule has 3 atom stereocenters. The van der Waals surface area contributed by atoms with Gasteiger partial charge >= 0.3 is 0 Å². The molecule has 2 aliphatic heterocycles. The number of hydrogen-bond acceptors (Lipinski definition) is 4. The van der Waals surface area contributed by atoms with E-state index in [9.17, 15) is 4.39 Å². The first kappa shape index (κ1) is 15.9. The summed E-state index contributed by atoms with van der Waals surface area (Å²) < 4.78 is 19.8. The first-order valence-corrected chi connectivity index (χ1v) is 8.61. The highest BCUT2D eigenvalue weighted by atomic mass is 19.1. The van der Waals surface area contributed by atoms with Crippen LogP contribution in [0, 0.1) is 5.92 Å². The third-order valence-corrected chi connectivity index (χ3v) is 5.08. The lowest BCUT2D eigenvalue weighted by molar-refractivity contribution is 0.0119. The number of methoxy groups -OCH3 is 1. The zero-order valence-corrected chi connectivity index (χ0v) is 14.6. The van der Waals surface area contributed by atoms with E-state index in [0.717, 1.165) is 28.1 Å². The second kappa shape index (κ2) is 6.06. The number of ether oxygens (including phenoxy) is 1. The highest BCUT2D eigenvalue weighted by Gasteiger charge is 2.44. The Morgan fingerprint density at radius 1 is 1.20 bits per heavy atom. The van der Waals surface area contributed by atoms with Gasteiger partial charge in [-0.05, 0) is 31.0 Å². The van der Waals surface area contributed by atoms with Gasteiger partial charge in [-0.1, -0.05) is 42.4 Å². The second-order valence-electron chi connectivity index (χ2n) is 6.43. The van der Waals surface area contributed by atoms with E-state index in [1.54, 1.807) is 14.0 Å². The van der Waals surface area contributed by atoms with Crippen LogP contribution < -0.4 is 9.64 Å². The predicted molar refractivity (Wildman–Crippen MR) is 96.7 cm³/mol. The molecule has 0 aliphatic carbocycles. The largest absolute Gasteiger partial charge is 0.496 e. The van der Waals surface area contributed by atoms with Crippen molar-refractivity contribution >= 4 is 11.5 Å². The van der Waals surface area contributed by atoms with Gasteiger partial charge in [0, 0.05) is 11.5 Å². The van der Waals surface area contributed by atoms with Gasteiger partial charge in [0.1, 0.15) is 11.9 Å². The van der Waals surface area contributed by atoms with Gasteiger partial charge in [0.15, 0.2) is 5.84 Å². The summed E-state index contributed by atoms with van der Waals surface area (Å²) in [6.45, 7) is 3.56. The number of hydrogen-bond donors (Lipinski definition) is 0. The molecule has 5 heteroatoms. The fourth-order valence-corrected chi connectivity index (χ4v) is 3.82. The van der Waals surface area contributed by atoms with Gasteiger partial charge in [0.25, 0.3) is 0 Å². The van der Waals surface area contributed by atoms with Crippen molar-refractivity contribution in [3.8, 4) is 16.9 Å². The molecule has 130 valence electrons. The molecule has 4 rings (SSSR count). The molecular formula is C20H21FN2O2. The Balaban J connectivity index is 1.92. The van der Waals surface area contributed by atoms with E-state index in [2.05, 4.69) is 17.3 Å². The van der Waals surface area contributed by atoms with Crippen molar-refractivity contribution in [1.29, 1.82) is 0 Å². The number of benzene rings is 2. The van der Waals surface area contributed by atoms with Gasteiger partial charge < -0.3 is 9.57 Å². The highest BCUT2D eigenvalue weighted by Crippen LogP contribution is 2.46. The molecule has 0 saturated carbocycles. The molecule has 0 aromatic heterocycles. The van der Waals surface area contributed by atoms with Gasteiger partial charge in [0.05, 0.1) is 18.4 Å². The van der Waals surface area contributed by atoms with Crippen LogP contribution in [0.5, 0.6) is 5.75 Å². The molecule has 0 fully saturated rings. The molecule has 2 aromatic carbocycles. The lowest BCUT2D eigenvalue weighted by Crippen LogP contribution is -2.45. The third kappa shape index (κ3) is 2.29. The van der Waals surface area contributed by atoms with Gasteiger partial charge in [0.2, 0.25) is 6.23 Å². The van der Waals surface area contributed by atoms with E-state index in [0.29, 0.717) is 12.3 Å². The first-order chi connectivity index (χ1) is 12.2. The van der Waals surface area contributed by atoms with E-state index in [4.69, 9.17) is 9.57 Å².